The van der Waals surface area contributed by atoms with Crippen molar-refractivity contribution in [2.75, 3.05) is 6.61 Å². The lowest BCUT2D eigenvalue weighted by Gasteiger charge is -2.32. The molecule has 0 amide bonds. The SMILES string of the molecule is C=C(C)[C@H]1CCC(C)=CC1c1c(O)cc(CCCCC)c(C(=O)OCC(O)CCC)c1O. The Kier molecular flexibility index (Phi) is 9.83. The van der Waals surface area contributed by atoms with E-state index in [0.29, 0.717) is 24.0 Å². The molecule has 0 aliphatic heterocycles. The van der Waals surface area contributed by atoms with Crippen LogP contribution in [0.25, 0.3) is 0 Å². The fourth-order valence-corrected chi connectivity index (χ4v) is 4.61. The van der Waals surface area contributed by atoms with Gasteiger partial charge in [0.25, 0.3) is 0 Å². The molecule has 0 saturated heterocycles. The van der Waals surface area contributed by atoms with E-state index in [1.54, 1.807) is 6.07 Å². The molecule has 3 atom stereocenters. The molecule has 5 nitrogen and oxygen atoms in total. The summed E-state index contributed by atoms with van der Waals surface area (Å²) in [4.78, 5) is 13.0. The van der Waals surface area contributed by atoms with Gasteiger partial charge in [-0.25, -0.2) is 4.79 Å². The van der Waals surface area contributed by atoms with Gasteiger partial charge in [-0.3, -0.25) is 0 Å². The molecule has 2 rings (SSSR count). The summed E-state index contributed by atoms with van der Waals surface area (Å²) < 4.78 is 5.38. The molecule has 0 bridgehead atoms. The monoisotopic (exact) mass is 444 g/mol. The Balaban J connectivity index is 2.52. The van der Waals surface area contributed by atoms with Crippen molar-refractivity contribution in [3.63, 3.8) is 0 Å². The highest BCUT2D eigenvalue weighted by Gasteiger charge is 2.33. The molecular formula is C27H40O5. The van der Waals surface area contributed by atoms with Crippen LogP contribution in [0.2, 0.25) is 0 Å². The summed E-state index contributed by atoms with van der Waals surface area (Å²) in [6, 6.07) is 1.61. The highest BCUT2D eigenvalue weighted by atomic mass is 16.5. The van der Waals surface area contributed by atoms with Gasteiger partial charge in [-0.2, -0.15) is 0 Å². The van der Waals surface area contributed by atoms with Gasteiger partial charge in [0.1, 0.15) is 23.7 Å². The molecule has 178 valence electrons. The molecule has 0 fully saturated rings. The predicted molar refractivity (Wildman–Crippen MR) is 128 cm³/mol. The lowest BCUT2D eigenvalue weighted by Crippen LogP contribution is -2.21. The lowest BCUT2D eigenvalue weighted by molar-refractivity contribution is 0.0233. The van der Waals surface area contributed by atoms with Crippen molar-refractivity contribution in [2.45, 2.75) is 91.1 Å². The van der Waals surface area contributed by atoms with E-state index >= 15 is 0 Å². The first-order chi connectivity index (χ1) is 15.2. The second-order valence-electron chi connectivity index (χ2n) is 9.22. The molecule has 2 unspecified atom stereocenters. The Bertz CT molecular complexity index is 839. The van der Waals surface area contributed by atoms with Crippen molar-refractivity contribution in [3.8, 4) is 11.5 Å². The van der Waals surface area contributed by atoms with Gasteiger partial charge in [-0.15, -0.1) is 0 Å². The van der Waals surface area contributed by atoms with Crippen LogP contribution < -0.4 is 0 Å². The second kappa shape index (κ2) is 12.1. The number of aromatic hydroxyl groups is 2. The zero-order valence-electron chi connectivity index (χ0n) is 20.1. The Morgan fingerprint density at radius 3 is 2.59 bits per heavy atom. The third-order valence-corrected chi connectivity index (χ3v) is 6.40. The number of carbonyl (C=O) groups excluding carboxylic acids is 1. The van der Waals surface area contributed by atoms with E-state index in [1.165, 1.54) is 5.57 Å². The molecule has 1 aromatic rings. The topological polar surface area (TPSA) is 87.0 Å². The first kappa shape index (κ1) is 26.0. The average Bonchev–Trinajstić information content (AvgIpc) is 2.72. The van der Waals surface area contributed by atoms with Crippen molar-refractivity contribution in [1.82, 2.24) is 0 Å². The molecule has 3 N–H and O–H groups in total. The standard InChI is InChI=1S/C27H40O5/c1-6-8-9-11-19-15-23(29)25(22-14-18(5)12-13-21(22)17(3)4)26(30)24(19)27(31)32-16-20(28)10-7-2/h14-15,20-22,28-30H,3,6-13,16H2,1-2,4-5H3/t20?,21-,22?/m1/s1. The zero-order valence-corrected chi connectivity index (χ0v) is 20.1. The Hall–Kier alpha value is -2.27. The molecule has 1 aliphatic rings. The third-order valence-electron chi connectivity index (χ3n) is 6.40. The van der Waals surface area contributed by atoms with Crippen LogP contribution in [0.1, 0.15) is 100 Å². The summed E-state index contributed by atoms with van der Waals surface area (Å²) in [6.07, 6.45) is 7.86. The Labute approximate surface area is 192 Å². The van der Waals surface area contributed by atoms with Crippen molar-refractivity contribution in [3.05, 3.63) is 46.6 Å². The maximum atomic E-state index is 13.0. The van der Waals surface area contributed by atoms with Crippen molar-refractivity contribution < 1.29 is 24.9 Å². The number of hydrogen-bond acceptors (Lipinski definition) is 5. The van der Waals surface area contributed by atoms with E-state index in [1.807, 2.05) is 20.8 Å². The molecule has 0 radical (unpaired) electrons. The number of carbonyl (C=O) groups is 1. The number of esters is 1. The quantitative estimate of drug-likeness (QED) is 0.216. The number of phenols is 2. The van der Waals surface area contributed by atoms with Crippen LogP contribution in [0, 0.1) is 5.92 Å². The number of aliphatic hydroxyl groups excluding tert-OH is 1. The lowest BCUT2D eigenvalue weighted by atomic mass is 9.73. The first-order valence-corrected chi connectivity index (χ1v) is 12.0. The molecule has 0 saturated carbocycles. The van der Waals surface area contributed by atoms with Gasteiger partial charge < -0.3 is 20.1 Å². The van der Waals surface area contributed by atoms with E-state index in [9.17, 15) is 20.1 Å². The maximum absolute atomic E-state index is 13.0. The number of unbranched alkanes of at least 4 members (excludes halogenated alkanes) is 2. The van der Waals surface area contributed by atoms with Crippen LogP contribution in [0.4, 0.5) is 0 Å². The number of ether oxygens (including phenoxy) is 1. The average molecular weight is 445 g/mol. The normalized spacial score (nSPS) is 19.3. The minimum absolute atomic E-state index is 0.00114. The van der Waals surface area contributed by atoms with E-state index in [2.05, 4.69) is 19.6 Å². The van der Waals surface area contributed by atoms with E-state index in [0.717, 1.165) is 44.1 Å². The van der Waals surface area contributed by atoms with Crippen LogP contribution in [-0.4, -0.2) is 34.0 Å². The highest BCUT2D eigenvalue weighted by Crippen LogP contribution is 2.48. The number of phenolic OH excluding ortho intramolecular Hbond substituents is 2. The molecule has 5 heteroatoms. The predicted octanol–water partition coefficient (Wildman–Crippen LogP) is 6.16. The number of benzene rings is 1. The Morgan fingerprint density at radius 2 is 1.97 bits per heavy atom. The zero-order chi connectivity index (χ0) is 23.8. The van der Waals surface area contributed by atoms with Gasteiger partial charge in [-0.1, -0.05) is 56.9 Å². The number of allylic oxidation sites excluding steroid dienone is 3. The number of aryl methyl sites for hydroxylation is 1. The summed E-state index contributed by atoms with van der Waals surface area (Å²) in [5, 5.41) is 32.2. The van der Waals surface area contributed by atoms with Gasteiger partial charge in [0.15, 0.2) is 0 Å². The number of aliphatic hydroxyl groups is 1. The van der Waals surface area contributed by atoms with E-state index in [4.69, 9.17) is 4.74 Å². The molecule has 32 heavy (non-hydrogen) atoms. The smallest absolute Gasteiger partial charge is 0.342 e. The summed E-state index contributed by atoms with van der Waals surface area (Å²) >= 11 is 0. The van der Waals surface area contributed by atoms with Gasteiger partial charge >= 0.3 is 5.97 Å². The molecule has 1 aromatic carbocycles. The Morgan fingerprint density at radius 1 is 1.25 bits per heavy atom. The molecule has 1 aliphatic carbocycles. The maximum Gasteiger partial charge on any atom is 0.342 e. The van der Waals surface area contributed by atoms with E-state index in [-0.39, 0.29) is 35.5 Å². The summed E-state index contributed by atoms with van der Waals surface area (Å²) in [7, 11) is 0. The van der Waals surface area contributed by atoms with Crippen LogP contribution in [0.5, 0.6) is 11.5 Å². The van der Waals surface area contributed by atoms with Crippen LogP contribution >= 0.6 is 0 Å². The molecular weight excluding hydrogens is 404 g/mol. The van der Waals surface area contributed by atoms with Crippen LogP contribution in [0.15, 0.2) is 29.9 Å². The first-order valence-electron chi connectivity index (χ1n) is 12.0. The van der Waals surface area contributed by atoms with Crippen LogP contribution in [-0.2, 0) is 11.2 Å². The largest absolute Gasteiger partial charge is 0.507 e. The summed E-state index contributed by atoms with van der Waals surface area (Å²) in [5.74, 6) is -1.07. The highest BCUT2D eigenvalue weighted by molar-refractivity contribution is 5.95. The number of hydrogen-bond donors (Lipinski definition) is 3. The van der Waals surface area contributed by atoms with Gasteiger partial charge in [-0.05, 0) is 63.5 Å². The van der Waals surface area contributed by atoms with Crippen LogP contribution in [0.3, 0.4) is 0 Å². The molecule has 0 aromatic heterocycles. The molecule has 0 heterocycles. The third kappa shape index (κ3) is 6.38. The summed E-state index contributed by atoms with van der Waals surface area (Å²) in [6.45, 7) is 12.0. The van der Waals surface area contributed by atoms with Crippen molar-refractivity contribution in [2.24, 2.45) is 5.92 Å². The van der Waals surface area contributed by atoms with Gasteiger partial charge in [0, 0.05) is 11.5 Å². The van der Waals surface area contributed by atoms with E-state index < -0.39 is 12.1 Å². The summed E-state index contributed by atoms with van der Waals surface area (Å²) in [5.41, 5.74) is 3.21. The number of rotatable bonds is 11. The fraction of sp³-hybridized carbons (Fsp3) is 0.593. The van der Waals surface area contributed by atoms with Gasteiger partial charge in [0.05, 0.1) is 6.10 Å². The van der Waals surface area contributed by atoms with Crippen molar-refractivity contribution >= 4 is 5.97 Å². The van der Waals surface area contributed by atoms with Crippen molar-refractivity contribution in [1.29, 1.82) is 0 Å². The minimum Gasteiger partial charge on any atom is -0.507 e. The second-order valence-corrected chi connectivity index (χ2v) is 9.22. The fourth-order valence-electron chi connectivity index (χ4n) is 4.61. The molecule has 0 spiro atoms. The van der Waals surface area contributed by atoms with Gasteiger partial charge in [0.2, 0.25) is 0 Å². The minimum atomic E-state index is -0.733.